The number of hydrogen-bond acceptors (Lipinski definition) is 5. The van der Waals surface area contributed by atoms with Crippen LogP contribution in [-0.2, 0) is 4.74 Å². The van der Waals surface area contributed by atoms with Crippen molar-refractivity contribution in [1.82, 2.24) is 4.98 Å². The fourth-order valence-corrected chi connectivity index (χ4v) is 1.42. The van der Waals surface area contributed by atoms with E-state index < -0.39 is 5.97 Å². The molecule has 1 aromatic heterocycles. The largest absolute Gasteiger partial charge is 0.478 e. The van der Waals surface area contributed by atoms with E-state index in [-0.39, 0.29) is 11.1 Å². The molecular weight excluding hydrogens is 222 g/mol. The van der Waals surface area contributed by atoms with Gasteiger partial charge in [-0.15, -0.1) is 0 Å². The van der Waals surface area contributed by atoms with Crippen molar-refractivity contribution in [3.63, 3.8) is 0 Å². The van der Waals surface area contributed by atoms with Crippen LogP contribution in [-0.4, -0.2) is 35.3 Å². The van der Waals surface area contributed by atoms with Crippen molar-refractivity contribution in [2.45, 2.75) is 19.4 Å². The van der Waals surface area contributed by atoms with Gasteiger partial charge in [-0.2, -0.15) is 0 Å². The molecule has 1 aromatic rings. The molecule has 6 nitrogen and oxygen atoms in total. The first-order chi connectivity index (χ1) is 7.85. The van der Waals surface area contributed by atoms with Crippen molar-refractivity contribution >= 4 is 17.5 Å². The molecule has 94 valence electrons. The molecular formula is C11H17N3O3. The predicted octanol–water partition coefficient (Wildman–Crippen LogP) is 1.20. The molecule has 0 fully saturated rings. The molecule has 0 aliphatic carbocycles. The van der Waals surface area contributed by atoms with E-state index in [1.54, 1.807) is 7.11 Å². The number of nitrogens with zero attached hydrogens (tertiary/aromatic N) is 1. The summed E-state index contributed by atoms with van der Waals surface area (Å²) in [5, 5.41) is 11.9. The summed E-state index contributed by atoms with van der Waals surface area (Å²) in [6.07, 6.45) is 1.27. The molecule has 0 atom stereocenters. The van der Waals surface area contributed by atoms with Gasteiger partial charge in [0.1, 0.15) is 5.82 Å². The summed E-state index contributed by atoms with van der Waals surface area (Å²) < 4.78 is 5.06. The maximum absolute atomic E-state index is 10.7. The lowest BCUT2D eigenvalue weighted by molar-refractivity contribution is 0.0696. The van der Waals surface area contributed by atoms with Gasteiger partial charge in [-0.3, -0.25) is 0 Å². The van der Waals surface area contributed by atoms with Crippen LogP contribution in [0.25, 0.3) is 0 Å². The Labute approximate surface area is 99.8 Å². The highest BCUT2D eigenvalue weighted by Crippen LogP contribution is 2.20. The van der Waals surface area contributed by atoms with Gasteiger partial charge in [-0.1, -0.05) is 0 Å². The monoisotopic (exact) mass is 239 g/mol. The van der Waals surface area contributed by atoms with Crippen LogP contribution in [0.1, 0.15) is 24.2 Å². The normalized spacial score (nSPS) is 11.2. The number of nitrogen functional groups attached to an aromatic ring is 1. The number of nitrogens with two attached hydrogens (primary N) is 1. The van der Waals surface area contributed by atoms with Crippen LogP contribution >= 0.6 is 0 Å². The standard InChI is InChI=1S/C11H17N3O3/c1-11(2,6-17-3)14-9-8(12)4-7(5-13-9)10(15)16/h4-5H,6,12H2,1-3H3,(H,13,14)(H,15,16). The van der Waals surface area contributed by atoms with Gasteiger partial charge < -0.3 is 20.9 Å². The molecule has 0 aliphatic rings. The van der Waals surface area contributed by atoms with Crippen molar-refractivity contribution in [2.24, 2.45) is 0 Å². The number of aromatic carboxylic acids is 1. The molecule has 0 radical (unpaired) electrons. The second-order valence-corrected chi connectivity index (χ2v) is 4.41. The van der Waals surface area contributed by atoms with Crippen LogP contribution in [0.15, 0.2) is 12.3 Å². The number of carboxylic acids is 1. The van der Waals surface area contributed by atoms with Gasteiger partial charge in [0, 0.05) is 13.3 Å². The topological polar surface area (TPSA) is 97.5 Å². The van der Waals surface area contributed by atoms with E-state index in [2.05, 4.69) is 10.3 Å². The van der Waals surface area contributed by atoms with Crippen LogP contribution in [0, 0.1) is 0 Å². The first kappa shape index (κ1) is 13.2. The van der Waals surface area contributed by atoms with Gasteiger partial charge in [0.15, 0.2) is 0 Å². The van der Waals surface area contributed by atoms with E-state index in [1.165, 1.54) is 12.3 Å². The van der Waals surface area contributed by atoms with E-state index >= 15 is 0 Å². The highest BCUT2D eigenvalue weighted by Gasteiger charge is 2.19. The zero-order valence-corrected chi connectivity index (χ0v) is 10.2. The maximum Gasteiger partial charge on any atom is 0.337 e. The highest BCUT2D eigenvalue weighted by atomic mass is 16.5. The Hall–Kier alpha value is -1.82. The zero-order chi connectivity index (χ0) is 13.1. The smallest absolute Gasteiger partial charge is 0.337 e. The van der Waals surface area contributed by atoms with Gasteiger partial charge in [0.2, 0.25) is 0 Å². The van der Waals surface area contributed by atoms with Crippen LogP contribution in [0.2, 0.25) is 0 Å². The van der Waals surface area contributed by atoms with Crippen molar-refractivity contribution in [3.05, 3.63) is 17.8 Å². The number of pyridine rings is 1. The van der Waals surface area contributed by atoms with Crippen LogP contribution in [0.3, 0.4) is 0 Å². The summed E-state index contributed by atoms with van der Waals surface area (Å²) in [6.45, 7) is 4.35. The molecule has 6 heteroatoms. The Kier molecular flexibility index (Phi) is 3.90. The molecule has 1 heterocycles. The molecule has 0 bridgehead atoms. The molecule has 0 aromatic carbocycles. The molecule has 0 unspecified atom stereocenters. The molecule has 0 saturated heterocycles. The number of hydrogen-bond donors (Lipinski definition) is 3. The van der Waals surface area contributed by atoms with E-state index in [0.29, 0.717) is 18.1 Å². The van der Waals surface area contributed by atoms with Gasteiger partial charge in [0.25, 0.3) is 0 Å². The van der Waals surface area contributed by atoms with E-state index in [9.17, 15) is 4.79 Å². The van der Waals surface area contributed by atoms with Gasteiger partial charge in [0.05, 0.1) is 23.4 Å². The summed E-state index contributed by atoms with van der Waals surface area (Å²) in [4.78, 5) is 14.7. The highest BCUT2D eigenvalue weighted by molar-refractivity contribution is 5.89. The van der Waals surface area contributed by atoms with Crippen molar-refractivity contribution in [2.75, 3.05) is 24.8 Å². The summed E-state index contributed by atoms with van der Waals surface area (Å²) >= 11 is 0. The predicted molar refractivity (Wildman–Crippen MR) is 65.2 cm³/mol. The lowest BCUT2D eigenvalue weighted by Gasteiger charge is -2.26. The third-order valence-corrected chi connectivity index (χ3v) is 2.13. The summed E-state index contributed by atoms with van der Waals surface area (Å²) in [7, 11) is 1.60. The third kappa shape index (κ3) is 3.60. The van der Waals surface area contributed by atoms with Crippen molar-refractivity contribution < 1.29 is 14.6 Å². The van der Waals surface area contributed by atoms with E-state index in [1.807, 2.05) is 13.8 Å². The number of carboxylic acid groups (broad SMARTS) is 1. The Morgan fingerprint density at radius 2 is 2.29 bits per heavy atom. The van der Waals surface area contributed by atoms with Crippen molar-refractivity contribution in [3.8, 4) is 0 Å². The SMILES string of the molecule is COCC(C)(C)Nc1ncc(C(=O)O)cc1N. The zero-order valence-electron chi connectivity index (χ0n) is 10.2. The average molecular weight is 239 g/mol. The lowest BCUT2D eigenvalue weighted by Crippen LogP contribution is -2.36. The Morgan fingerprint density at radius 1 is 1.65 bits per heavy atom. The first-order valence-electron chi connectivity index (χ1n) is 5.11. The summed E-state index contributed by atoms with van der Waals surface area (Å²) in [5.74, 6) is -0.594. The van der Waals surface area contributed by atoms with Crippen LogP contribution in [0.4, 0.5) is 11.5 Å². The Morgan fingerprint density at radius 3 is 2.76 bits per heavy atom. The number of anilines is 2. The molecule has 17 heavy (non-hydrogen) atoms. The minimum absolute atomic E-state index is 0.0672. The molecule has 4 N–H and O–H groups in total. The van der Waals surface area contributed by atoms with Crippen LogP contribution in [0.5, 0.6) is 0 Å². The number of aromatic nitrogens is 1. The van der Waals surface area contributed by atoms with E-state index in [0.717, 1.165) is 0 Å². The minimum Gasteiger partial charge on any atom is -0.478 e. The fourth-order valence-electron chi connectivity index (χ4n) is 1.42. The van der Waals surface area contributed by atoms with Crippen LogP contribution < -0.4 is 11.1 Å². The number of nitrogens with one attached hydrogen (secondary N) is 1. The van der Waals surface area contributed by atoms with Gasteiger partial charge in [-0.25, -0.2) is 9.78 Å². The third-order valence-electron chi connectivity index (χ3n) is 2.13. The Balaban J connectivity index is 2.90. The van der Waals surface area contributed by atoms with Gasteiger partial charge in [-0.05, 0) is 19.9 Å². The molecule has 0 saturated carbocycles. The van der Waals surface area contributed by atoms with E-state index in [4.69, 9.17) is 15.6 Å². The average Bonchev–Trinajstić information content (AvgIpc) is 2.20. The summed E-state index contributed by atoms with van der Waals surface area (Å²) in [6, 6.07) is 1.38. The summed E-state index contributed by atoms with van der Waals surface area (Å²) in [5.41, 5.74) is 5.77. The quantitative estimate of drug-likeness (QED) is 0.714. The number of methoxy groups -OCH3 is 1. The second kappa shape index (κ2) is 5.01. The first-order valence-corrected chi connectivity index (χ1v) is 5.11. The number of carbonyl (C=O) groups is 1. The van der Waals surface area contributed by atoms with Crippen molar-refractivity contribution in [1.29, 1.82) is 0 Å². The number of rotatable bonds is 5. The second-order valence-electron chi connectivity index (χ2n) is 4.41. The lowest BCUT2D eigenvalue weighted by atomic mass is 10.1. The molecule has 0 aliphatic heterocycles. The number of ether oxygens (including phenoxy) is 1. The molecule has 0 amide bonds. The minimum atomic E-state index is -1.05. The Bertz CT molecular complexity index is 418. The van der Waals surface area contributed by atoms with Gasteiger partial charge >= 0.3 is 5.97 Å². The maximum atomic E-state index is 10.7. The molecule has 1 rings (SSSR count). The fraction of sp³-hybridized carbons (Fsp3) is 0.455. The molecule has 0 spiro atoms.